The van der Waals surface area contributed by atoms with Gasteiger partial charge in [-0.2, -0.15) is 0 Å². The number of urea groups is 1. The molecule has 152 valence electrons. The Balaban J connectivity index is 1.58. The summed E-state index contributed by atoms with van der Waals surface area (Å²) in [4.78, 5) is 25.1. The maximum Gasteiger partial charge on any atom is 0.315 e. The molecule has 0 spiro atoms. The number of nitrogens with zero attached hydrogens (tertiary/aromatic N) is 1. The van der Waals surface area contributed by atoms with Crippen LogP contribution < -0.4 is 15.8 Å². The maximum absolute atomic E-state index is 13.2. The number of amides is 3. The molecule has 3 N–H and O–H groups in total. The van der Waals surface area contributed by atoms with Crippen molar-refractivity contribution in [1.82, 2.24) is 4.90 Å². The first-order valence-electron chi connectivity index (χ1n) is 9.10. The highest BCUT2D eigenvalue weighted by molar-refractivity contribution is 6.31. The number of hydrogen-bond donors (Lipinski definition) is 2. The minimum atomic E-state index is -0.761. The van der Waals surface area contributed by atoms with E-state index < -0.39 is 18.0 Å². The molecule has 2 aromatic rings. The summed E-state index contributed by atoms with van der Waals surface area (Å²) < 4.78 is 18.9. The quantitative estimate of drug-likeness (QED) is 0.769. The molecule has 1 heterocycles. The molecule has 1 aliphatic rings. The van der Waals surface area contributed by atoms with Crippen molar-refractivity contribution in [2.24, 2.45) is 5.73 Å². The Morgan fingerprint density at radius 1 is 1.24 bits per heavy atom. The molecule has 0 aromatic heterocycles. The van der Waals surface area contributed by atoms with Crippen molar-refractivity contribution in [1.29, 1.82) is 0 Å². The zero-order valence-electron chi connectivity index (χ0n) is 15.8. The SMILES string of the molecule is C[C@H](Oc1ccc(C2=CCN(C(N)=O)CC2)cc1)C(=O)Nc1ccc(F)c(Cl)c1. The molecule has 1 aliphatic heterocycles. The standard InChI is InChI=1S/C21H21ClFN3O3/c1-13(20(27)25-16-4-7-19(23)18(22)12-16)29-17-5-2-14(3-6-17)15-8-10-26(11-9-15)21(24)28/h2-8,12-13H,9-11H2,1H3,(H2,24,28)(H,25,27)/t13-/m0/s1. The Kier molecular flexibility index (Phi) is 6.39. The summed E-state index contributed by atoms with van der Waals surface area (Å²) in [5.74, 6) is -0.383. The van der Waals surface area contributed by atoms with Gasteiger partial charge in [0.1, 0.15) is 11.6 Å². The zero-order valence-corrected chi connectivity index (χ0v) is 16.6. The van der Waals surface area contributed by atoms with Crippen LogP contribution in [-0.2, 0) is 4.79 Å². The van der Waals surface area contributed by atoms with Crippen LogP contribution >= 0.6 is 11.6 Å². The largest absolute Gasteiger partial charge is 0.481 e. The van der Waals surface area contributed by atoms with Gasteiger partial charge in [0.15, 0.2) is 6.10 Å². The molecule has 0 unspecified atom stereocenters. The zero-order chi connectivity index (χ0) is 21.0. The number of anilines is 1. The molecule has 0 fully saturated rings. The van der Waals surface area contributed by atoms with Crippen LogP contribution in [0.1, 0.15) is 18.9 Å². The third kappa shape index (κ3) is 5.26. The fourth-order valence-corrected chi connectivity index (χ4v) is 3.14. The lowest BCUT2D eigenvalue weighted by molar-refractivity contribution is -0.122. The highest BCUT2D eigenvalue weighted by Gasteiger charge is 2.17. The number of benzene rings is 2. The van der Waals surface area contributed by atoms with Crippen LogP contribution in [0.5, 0.6) is 5.75 Å². The Morgan fingerprint density at radius 2 is 1.97 bits per heavy atom. The Morgan fingerprint density at radius 3 is 2.55 bits per heavy atom. The molecule has 0 saturated carbocycles. The van der Waals surface area contributed by atoms with Gasteiger partial charge in [-0.1, -0.05) is 29.8 Å². The van der Waals surface area contributed by atoms with E-state index in [0.29, 0.717) is 24.5 Å². The fraction of sp³-hybridized carbons (Fsp3) is 0.238. The number of hydrogen-bond acceptors (Lipinski definition) is 3. The third-order valence-electron chi connectivity index (χ3n) is 4.62. The van der Waals surface area contributed by atoms with E-state index in [4.69, 9.17) is 22.1 Å². The number of nitrogens with one attached hydrogen (secondary N) is 1. The van der Waals surface area contributed by atoms with Gasteiger partial charge >= 0.3 is 6.03 Å². The van der Waals surface area contributed by atoms with Gasteiger partial charge in [0.25, 0.3) is 5.91 Å². The molecule has 0 radical (unpaired) electrons. The van der Waals surface area contributed by atoms with Crippen molar-refractivity contribution in [2.45, 2.75) is 19.4 Å². The lowest BCUT2D eigenvalue weighted by atomic mass is 9.99. The van der Waals surface area contributed by atoms with E-state index in [0.717, 1.165) is 17.6 Å². The van der Waals surface area contributed by atoms with Crippen LogP contribution in [0.2, 0.25) is 5.02 Å². The van der Waals surface area contributed by atoms with Gasteiger partial charge in [-0.05, 0) is 54.8 Å². The van der Waals surface area contributed by atoms with Crippen molar-refractivity contribution < 1.29 is 18.7 Å². The number of halogens is 2. The molecule has 8 heteroatoms. The molecule has 3 rings (SSSR count). The summed E-state index contributed by atoms with van der Waals surface area (Å²) in [6, 6.07) is 10.9. The molecular weight excluding hydrogens is 397 g/mol. The predicted molar refractivity (Wildman–Crippen MR) is 110 cm³/mol. The van der Waals surface area contributed by atoms with Crippen molar-refractivity contribution in [3.05, 3.63) is 64.9 Å². The Bertz CT molecular complexity index is 947. The summed E-state index contributed by atoms with van der Waals surface area (Å²) in [7, 11) is 0. The van der Waals surface area contributed by atoms with Gasteiger partial charge in [0.05, 0.1) is 5.02 Å². The maximum atomic E-state index is 13.2. The average Bonchev–Trinajstić information content (AvgIpc) is 2.71. The second-order valence-electron chi connectivity index (χ2n) is 6.67. The molecular formula is C21H21ClFN3O3. The first-order valence-corrected chi connectivity index (χ1v) is 9.47. The van der Waals surface area contributed by atoms with Crippen LogP contribution in [0, 0.1) is 5.82 Å². The van der Waals surface area contributed by atoms with Gasteiger partial charge in [0.2, 0.25) is 0 Å². The minimum absolute atomic E-state index is 0.0667. The Labute approximate surface area is 173 Å². The summed E-state index contributed by atoms with van der Waals surface area (Å²) in [6.07, 6.45) is 1.94. The van der Waals surface area contributed by atoms with Crippen molar-refractivity contribution in [3.63, 3.8) is 0 Å². The molecule has 2 aromatic carbocycles. The van der Waals surface area contributed by atoms with E-state index in [1.807, 2.05) is 18.2 Å². The first kappa shape index (κ1) is 20.7. The van der Waals surface area contributed by atoms with Crippen LogP contribution in [0.4, 0.5) is 14.9 Å². The van der Waals surface area contributed by atoms with Gasteiger partial charge in [-0.25, -0.2) is 9.18 Å². The van der Waals surface area contributed by atoms with E-state index in [1.165, 1.54) is 18.2 Å². The summed E-state index contributed by atoms with van der Waals surface area (Å²) in [5, 5.41) is 2.57. The van der Waals surface area contributed by atoms with Crippen LogP contribution in [0.25, 0.3) is 5.57 Å². The smallest absolute Gasteiger partial charge is 0.315 e. The number of nitrogens with two attached hydrogens (primary N) is 1. The van der Waals surface area contributed by atoms with Crippen molar-refractivity contribution >= 4 is 34.8 Å². The summed E-state index contributed by atoms with van der Waals surface area (Å²) >= 11 is 5.72. The van der Waals surface area contributed by atoms with Crippen LogP contribution in [0.3, 0.4) is 0 Å². The van der Waals surface area contributed by atoms with E-state index in [2.05, 4.69) is 5.32 Å². The van der Waals surface area contributed by atoms with Crippen LogP contribution in [-0.4, -0.2) is 36.0 Å². The lowest BCUT2D eigenvalue weighted by Gasteiger charge is -2.25. The minimum Gasteiger partial charge on any atom is -0.481 e. The first-order chi connectivity index (χ1) is 13.8. The second kappa shape index (κ2) is 8.96. The van der Waals surface area contributed by atoms with E-state index >= 15 is 0 Å². The molecule has 29 heavy (non-hydrogen) atoms. The summed E-state index contributed by atoms with van der Waals surface area (Å²) in [5.41, 5.74) is 7.84. The van der Waals surface area contributed by atoms with Gasteiger partial charge < -0.3 is 20.7 Å². The number of carbonyl (C=O) groups is 2. The van der Waals surface area contributed by atoms with Crippen LogP contribution in [0.15, 0.2) is 48.5 Å². The second-order valence-corrected chi connectivity index (χ2v) is 7.07. The summed E-state index contributed by atoms with van der Waals surface area (Å²) in [6.45, 7) is 2.70. The highest BCUT2D eigenvalue weighted by Crippen LogP contribution is 2.25. The van der Waals surface area contributed by atoms with E-state index in [9.17, 15) is 14.0 Å². The van der Waals surface area contributed by atoms with Gasteiger partial charge in [0, 0.05) is 18.8 Å². The molecule has 0 bridgehead atoms. The highest BCUT2D eigenvalue weighted by atomic mass is 35.5. The van der Waals surface area contributed by atoms with E-state index in [1.54, 1.807) is 24.0 Å². The van der Waals surface area contributed by atoms with Crippen molar-refractivity contribution in [3.8, 4) is 5.75 Å². The number of primary amides is 1. The molecule has 6 nitrogen and oxygen atoms in total. The third-order valence-corrected chi connectivity index (χ3v) is 4.90. The lowest BCUT2D eigenvalue weighted by Crippen LogP contribution is -2.38. The monoisotopic (exact) mass is 417 g/mol. The topological polar surface area (TPSA) is 84.7 Å². The van der Waals surface area contributed by atoms with E-state index in [-0.39, 0.29) is 10.9 Å². The van der Waals surface area contributed by atoms with Crippen molar-refractivity contribution in [2.75, 3.05) is 18.4 Å². The molecule has 1 atom stereocenters. The normalized spacial score (nSPS) is 14.7. The average molecular weight is 418 g/mol. The van der Waals surface area contributed by atoms with Gasteiger partial charge in [-0.3, -0.25) is 4.79 Å². The number of rotatable bonds is 5. The Hall–Kier alpha value is -3.06. The molecule has 0 aliphatic carbocycles. The molecule has 3 amide bonds. The fourth-order valence-electron chi connectivity index (χ4n) is 2.95. The molecule has 0 saturated heterocycles. The number of carbonyl (C=O) groups excluding carboxylic acids is 2. The van der Waals surface area contributed by atoms with Gasteiger partial charge in [-0.15, -0.1) is 0 Å². The number of ether oxygens (including phenoxy) is 1. The predicted octanol–water partition coefficient (Wildman–Crippen LogP) is 4.05.